The van der Waals surface area contributed by atoms with Crippen LogP contribution in [0.25, 0.3) is 0 Å². The summed E-state index contributed by atoms with van der Waals surface area (Å²) in [6.07, 6.45) is 6.80. The monoisotopic (exact) mass is 355 g/mol. The molecule has 0 radical (unpaired) electrons. The summed E-state index contributed by atoms with van der Waals surface area (Å²) in [6.45, 7) is 6.68. The van der Waals surface area contributed by atoms with Gasteiger partial charge < -0.3 is 4.90 Å². The van der Waals surface area contributed by atoms with Crippen molar-refractivity contribution in [2.24, 2.45) is 5.41 Å². The zero-order valence-electron chi connectivity index (χ0n) is 14.8. The van der Waals surface area contributed by atoms with E-state index in [-0.39, 0.29) is 5.41 Å². The molecule has 1 spiro atoms. The molecule has 2 aromatic heterocycles. The fourth-order valence-electron chi connectivity index (χ4n) is 4.26. The van der Waals surface area contributed by atoms with Crippen LogP contribution in [0.5, 0.6) is 0 Å². The largest absolute Gasteiger partial charge is 0.338 e. The number of amides is 1. The highest BCUT2D eigenvalue weighted by Crippen LogP contribution is 2.41. The number of hydrogen-bond acceptors (Lipinski definition) is 4. The summed E-state index contributed by atoms with van der Waals surface area (Å²) < 4.78 is 0. The standard InChI is InChI=1S/C20H25N3OS/c1-16-5-11-25-18(16)14-22-10-7-20(15-22)6-3-9-23(19(20)24)13-17-4-2-8-21-12-17/h2,4-5,8,11-12H,3,6-7,9-10,13-15H2,1H3/t20-/m1/s1. The zero-order valence-corrected chi connectivity index (χ0v) is 15.6. The summed E-state index contributed by atoms with van der Waals surface area (Å²) >= 11 is 1.83. The van der Waals surface area contributed by atoms with Gasteiger partial charge in [-0.25, -0.2) is 0 Å². The van der Waals surface area contributed by atoms with Crippen LogP contribution < -0.4 is 0 Å². The van der Waals surface area contributed by atoms with Gasteiger partial charge in [0.05, 0.1) is 5.41 Å². The SMILES string of the molecule is Cc1ccsc1CN1CC[C@]2(CCCN(Cc3cccnc3)C2=O)C1. The van der Waals surface area contributed by atoms with E-state index >= 15 is 0 Å². The molecular weight excluding hydrogens is 330 g/mol. The minimum atomic E-state index is -0.161. The Bertz CT molecular complexity index is 744. The van der Waals surface area contributed by atoms with Crippen molar-refractivity contribution >= 4 is 17.2 Å². The summed E-state index contributed by atoms with van der Waals surface area (Å²) in [5, 5.41) is 2.16. The summed E-state index contributed by atoms with van der Waals surface area (Å²) in [7, 11) is 0. The van der Waals surface area contributed by atoms with Crippen molar-refractivity contribution in [2.45, 2.75) is 39.3 Å². The maximum Gasteiger partial charge on any atom is 0.230 e. The van der Waals surface area contributed by atoms with E-state index in [0.717, 1.165) is 51.0 Å². The predicted molar refractivity (Wildman–Crippen MR) is 100 cm³/mol. The lowest BCUT2D eigenvalue weighted by Gasteiger charge is -2.39. The molecule has 0 bridgehead atoms. The first-order valence-corrected chi connectivity index (χ1v) is 9.98. The van der Waals surface area contributed by atoms with Gasteiger partial charge in [-0.15, -0.1) is 11.3 Å². The van der Waals surface area contributed by atoms with E-state index < -0.39 is 0 Å². The molecule has 4 heterocycles. The average Bonchev–Trinajstić information content (AvgIpc) is 3.21. The van der Waals surface area contributed by atoms with Gasteiger partial charge >= 0.3 is 0 Å². The van der Waals surface area contributed by atoms with Crippen LogP contribution in [-0.4, -0.2) is 40.3 Å². The molecule has 0 saturated carbocycles. The van der Waals surface area contributed by atoms with Crippen LogP contribution in [0.2, 0.25) is 0 Å². The fourth-order valence-corrected chi connectivity index (χ4v) is 5.20. The van der Waals surface area contributed by atoms with Gasteiger partial charge in [0.25, 0.3) is 0 Å². The summed E-state index contributed by atoms with van der Waals surface area (Å²) in [5.41, 5.74) is 2.34. The number of aryl methyl sites for hydroxylation is 1. The van der Waals surface area contributed by atoms with E-state index in [9.17, 15) is 4.79 Å². The van der Waals surface area contributed by atoms with E-state index in [1.807, 2.05) is 23.6 Å². The molecule has 2 aliphatic rings. The fraction of sp³-hybridized carbons (Fsp3) is 0.500. The molecular formula is C20H25N3OS. The lowest BCUT2D eigenvalue weighted by atomic mass is 9.78. The van der Waals surface area contributed by atoms with Gasteiger partial charge in [0.1, 0.15) is 0 Å². The Morgan fingerprint density at radius 2 is 2.16 bits per heavy atom. The summed E-state index contributed by atoms with van der Waals surface area (Å²) in [5.74, 6) is 0.355. The summed E-state index contributed by atoms with van der Waals surface area (Å²) in [6, 6.07) is 6.19. The van der Waals surface area contributed by atoms with Crippen molar-refractivity contribution in [1.29, 1.82) is 0 Å². The smallest absolute Gasteiger partial charge is 0.230 e. The first kappa shape index (κ1) is 16.7. The number of nitrogens with zero attached hydrogens (tertiary/aromatic N) is 3. The molecule has 25 heavy (non-hydrogen) atoms. The van der Waals surface area contributed by atoms with Gasteiger partial charge in [0.15, 0.2) is 0 Å². The molecule has 4 nitrogen and oxygen atoms in total. The third-order valence-electron chi connectivity index (χ3n) is 5.69. The van der Waals surface area contributed by atoms with Gasteiger partial charge in [-0.05, 0) is 61.4 Å². The molecule has 4 rings (SSSR count). The van der Waals surface area contributed by atoms with Crippen molar-refractivity contribution in [3.05, 3.63) is 52.0 Å². The van der Waals surface area contributed by atoms with Crippen molar-refractivity contribution in [3.63, 3.8) is 0 Å². The first-order valence-electron chi connectivity index (χ1n) is 9.10. The van der Waals surface area contributed by atoms with Gasteiger partial charge in [0.2, 0.25) is 5.91 Å². The van der Waals surface area contributed by atoms with Crippen molar-refractivity contribution in [2.75, 3.05) is 19.6 Å². The van der Waals surface area contributed by atoms with Crippen molar-refractivity contribution in [3.8, 4) is 0 Å². The van der Waals surface area contributed by atoms with Gasteiger partial charge in [-0.1, -0.05) is 6.07 Å². The molecule has 1 atom stereocenters. The molecule has 0 N–H and O–H groups in total. The van der Waals surface area contributed by atoms with Gasteiger partial charge in [-0.2, -0.15) is 0 Å². The maximum atomic E-state index is 13.3. The lowest BCUT2D eigenvalue weighted by Crippen LogP contribution is -2.49. The second-order valence-corrected chi connectivity index (χ2v) is 8.46. The number of carbonyl (C=O) groups excluding carboxylic acids is 1. The lowest BCUT2D eigenvalue weighted by molar-refractivity contribution is -0.146. The van der Waals surface area contributed by atoms with Crippen LogP contribution >= 0.6 is 11.3 Å². The molecule has 0 aliphatic carbocycles. The quantitative estimate of drug-likeness (QED) is 0.843. The van der Waals surface area contributed by atoms with Crippen LogP contribution in [0.4, 0.5) is 0 Å². The van der Waals surface area contributed by atoms with Crippen molar-refractivity contribution in [1.82, 2.24) is 14.8 Å². The molecule has 1 amide bonds. The van der Waals surface area contributed by atoms with Crippen LogP contribution in [0.3, 0.4) is 0 Å². The van der Waals surface area contributed by atoms with Crippen LogP contribution in [-0.2, 0) is 17.9 Å². The number of hydrogen-bond donors (Lipinski definition) is 0. The Hall–Kier alpha value is -1.72. The minimum Gasteiger partial charge on any atom is -0.338 e. The van der Waals surface area contributed by atoms with Crippen molar-refractivity contribution < 1.29 is 4.79 Å². The number of pyridine rings is 1. The van der Waals surface area contributed by atoms with Crippen LogP contribution in [0.1, 0.15) is 35.3 Å². The molecule has 2 fully saturated rings. The highest BCUT2D eigenvalue weighted by atomic mass is 32.1. The number of rotatable bonds is 4. The van der Waals surface area contributed by atoms with E-state index in [2.05, 4.69) is 39.2 Å². The second-order valence-electron chi connectivity index (χ2n) is 7.46. The van der Waals surface area contributed by atoms with Gasteiger partial charge in [-0.3, -0.25) is 14.7 Å². The molecule has 5 heteroatoms. The average molecular weight is 356 g/mol. The predicted octanol–water partition coefficient (Wildman–Crippen LogP) is 3.47. The van der Waals surface area contributed by atoms with Crippen LogP contribution in [0, 0.1) is 12.3 Å². The second kappa shape index (κ2) is 6.89. The van der Waals surface area contributed by atoms with E-state index in [4.69, 9.17) is 0 Å². The molecule has 0 aromatic carbocycles. The third-order valence-corrected chi connectivity index (χ3v) is 6.70. The first-order chi connectivity index (χ1) is 12.2. The third kappa shape index (κ3) is 3.35. The normalized spacial score (nSPS) is 24.4. The zero-order chi connectivity index (χ0) is 17.3. The molecule has 2 aliphatic heterocycles. The molecule has 132 valence electrons. The Balaban J connectivity index is 1.44. The Kier molecular flexibility index (Phi) is 4.61. The maximum absolute atomic E-state index is 13.3. The van der Waals surface area contributed by atoms with Crippen LogP contribution in [0.15, 0.2) is 36.0 Å². The topological polar surface area (TPSA) is 36.4 Å². The number of carbonyl (C=O) groups is 1. The number of piperidine rings is 1. The van der Waals surface area contributed by atoms with Gasteiger partial charge in [0, 0.05) is 43.4 Å². The Morgan fingerprint density at radius 3 is 2.92 bits per heavy atom. The molecule has 0 unspecified atom stereocenters. The highest BCUT2D eigenvalue weighted by molar-refractivity contribution is 7.10. The molecule has 2 saturated heterocycles. The van der Waals surface area contributed by atoms with E-state index in [0.29, 0.717) is 12.5 Å². The number of likely N-dealkylation sites (tertiary alicyclic amines) is 2. The Labute approximate surface area is 153 Å². The molecule has 2 aromatic rings. The number of thiophene rings is 1. The highest BCUT2D eigenvalue weighted by Gasteiger charge is 2.48. The van der Waals surface area contributed by atoms with E-state index in [1.165, 1.54) is 10.4 Å². The minimum absolute atomic E-state index is 0.161. The number of aromatic nitrogens is 1. The Morgan fingerprint density at radius 1 is 1.24 bits per heavy atom. The summed E-state index contributed by atoms with van der Waals surface area (Å²) in [4.78, 5) is 23.4. The van der Waals surface area contributed by atoms with E-state index in [1.54, 1.807) is 6.20 Å².